The molecule has 2 heterocycles. The van der Waals surface area contributed by atoms with E-state index >= 15 is 0 Å². The minimum Gasteiger partial charge on any atom is -0.471 e. The monoisotopic (exact) mass is 175 g/mol. The number of nitrogens with zero attached hydrogens (tertiary/aromatic N) is 1. The standard InChI is InChI=1S/C11H13NO/c1-3-9-4-7-11(5-2-6-11)13-10(9)12-8-1/h1,3,8H,2,4-7H2. The van der Waals surface area contributed by atoms with Crippen molar-refractivity contribution < 1.29 is 4.74 Å². The molecule has 0 radical (unpaired) electrons. The molecule has 2 heteroatoms. The second-order valence-electron chi connectivity index (χ2n) is 4.11. The molecule has 1 aliphatic heterocycles. The summed E-state index contributed by atoms with van der Waals surface area (Å²) in [4.78, 5) is 4.27. The third-order valence-electron chi connectivity index (χ3n) is 3.28. The molecule has 0 amide bonds. The van der Waals surface area contributed by atoms with Gasteiger partial charge in [0.1, 0.15) is 5.60 Å². The number of pyridine rings is 1. The molecule has 0 atom stereocenters. The van der Waals surface area contributed by atoms with Gasteiger partial charge in [0.15, 0.2) is 0 Å². The largest absolute Gasteiger partial charge is 0.471 e. The van der Waals surface area contributed by atoms with Crippen molar-refractivity contribution in [2.24, 2.45) is 0 Å². The number of hydrogen-bond acceptors (Lipinski definition) is 2. The highest BCUT2D eigenvalue weighted by Gasteiger charge is 2.42. The second-order valence-corrected chi connectivity index (χ2v) is 4.11. The Balaban J connectivity index is 1.94. The Bertz CT molecular complexity index is 331. The third-order valence-corrected chi connectivity index (χ3v) is 3.28. The number of aromatic nitrogens is 1. The molecule has 0 unspecified atom stereocenters. The number of rotatable bonds is 0. The molecule has 1 aliphatic carbocycles. The summed E-state index contributed by atoms with van der Waals surface area (Å²) in [5, 5.41) is 0. The summed E-state index contributed by atoms with van der Waals surface area (Å²) in [5.41, 5.74) is 1.46. The third kappa shape index (κ3) is 1.05. The van der Waals surface area contributed by atoms with Gasteiger partial charge >= 0.3 is 0 Å². The lowest BCUT2D eigenvalue weighted by Gasteiger charge is -2.44. The molecule has 1 fully saturated rings. The van der Waals surface area contributed by atoms with E-state index < -0.39 is 0 Å². The van der Waals surface area contributed by atoms with Crippen molar-refractivity contribution in [3.63, 3.8) is 0 Å². The smallest absolute Gasteiger partial charge is 0.217 e. The van der Waals surface area contributed by atoms with Gasteiger partial charge in [-0.2, -0.15) is 0 Å². The van der Waals surface area contributed by atoms with Crippen LogP contribution in [0.1, 0.15) is 31.2 Å². The Hall–Kier alpha value is -1.05. The highest BCUT2D eigenvalue weighted by atomic mass is 16.5. The van der Waals surface area contributed by atoms with Gasteiger partial charge in [-0.3, -0.25) is 0 Å². The maximum atomic E-state index is 5.94. The number of aryl methyl sites for hydroxylation is 1. The van der Waals surface area contributed by atoms with Crippen LogP contribution in [0.15, 0.2) is 18.3 Å². The van der Waals surface area contributed by atoms with Crippen LogP contribution < -0.4 is 4.74 Å². The van der Waals surface area contributed by atoms with E-state index in [2.05, 4.69) is 11.1 Å². The fourth-order valence-corrected chi connectivity index (χ4v) is 2.25. The molecule has 1 saturated carbocycles. The van der Waals surface area contributed by atoms with Crippen LogP contribution in [0.25, 0.3) is 0 Å². The van der Waals surface area contributed by atoms with Crippen molar-refractivity contribution in [1.82, 2.24) is 4.98 Å². The van der Waals surface area contributed by atoms with Crippen molar-refractivity contribution in [2.45, 2.75) is 37.7 Å². The first-order chi connectivity index (χ1) is 6.38. The highest BCUT2D eigenvalue weighted by Crippen LogP contribution is 2.43. The van der Waals surface area contributed by atoms with Gasteiger partial charge in [0.2, 0.25) is 5.88 Å². The fraction of sp³-hybridized carbons (Fsp3) is 0.545. The van der Waals surface area contributed by atoms with Crippen LogP contribution in [0.5, 0.6) is 5.88 Å². The minimum atomic E-state index is 0.182. The molecular formula is C11H13NO. The molecule has 3 rings (SSSR count). The molecule has 13 heavy (non-hydrogen) atoms. The molecule has 68 valence electrons. The van der Waals surface area contributed by atoms with Crippen molar-refractivity contribution in [2.75, 3.05) is 0 Å². The lowest BCUT2D eigenvalue weighted by molar-refractivity contribution is -0.0289. The van der Waals surface area contributed by atoms with Gasteiger partial charge < -0.3 is 4.74 Å². The van der Waals surface area contributed by atoms with Gasteiger partial charge in [0.25, 0.3) is 0 Å². The first kappa shape index (κ1) is 7.36. The Morgan fingerprint density at radius 3 is 3.00 bits per heavy atom. The van der Waals surface area contributed by atoms with Gasteiger partial charge in [-0.1, -0.05) is 6.07 Å². The van der Waals surface area contributed by atoms with Gasteiger partial charge in [-0.25, -0.2) is 4.98 Å². The zero-order valence-electron chi connectivity index (χ0n) is 7.62. The lowest BCUT2D eigenvalue weighted by Crippen LogP contribution is -2.45. The molecule has 0 bridgehead atoms. The van der Waals surface area contributed by atoms with Gasteiger partial charge in [-0.15, -0.1) is 0 Å². The normalized spacial score (nSPS) is 23.1. The molecular weight excluding hydrogens is 162 g/mol. The SMILES string of the molecule is c1cnc2c(c1)CCC1(CCC1)O2. The number of fused-ring (bicyclic) bond motifs is 1. The van der Waals surface area contributed by atoms with Crippen molar-refractivity contribution >= 4 is 0 Å². The Morgan fingerprint density at radius 1 is 1.31 bits per heavy atom. The zero-order valence-corrected chi connectivity index (χ0v) is 7.62. The molecule has 1 spiro atoms. The van der Waals surface area contributed by atoms with Crippen LogP contribution >= 0.6 is 0 Å². The van der Waals surface area contributed by atoms with Crippen LogP contribution in [0.4, 0.5) is 0 Å². The van der Waals surface area contributed by atoms with Crippen LogP contribution in [0.3, 0.4) is 0 Å². The van der Waals surface area contributed by atoms with E-state index in [1.165, 1.54) is 31.2 Å². The average Bonchev–Trinajstić information content (AvgIpc) is 2.15. The minimum absolute atomic E-state index is 0.182. The van der Waals surface area contributed by atoms with E-state index in [0.717, 1.165) is 12.3 Å². The quantitative estimate of drug-likeness (QED) is 0.603. The zero-order chi connectivity index (χ0) is 8.73. The second kappa shape index (κ2) is 2.47. The van der Waals surface area contributed by atoms with Gasteiger partial charge in [0.05, 0.1) is 0 Å². The Labute approximate surface area is 77.9 Å². The Kier molecular flexibility index (Phi) is 1.40. The van der Waals surface area contributed by atoms with Crippen LogP contribution in [0.2, 0.25) is 0 Å². The summed E-state index contributed by atoms with van der Waals surface area (Å²) < 4.78 is 5.94. The summed E-state index contributed by atoms with van der Waals surface area (Å²) in [7, 11) is 0. The fourth-order valence-electron chi connectivity index (χ4n) is 2.25. The summed E-state index contributed by atoms with van der Waals surface area (Å²) in [6, 6.07) is 4.11. The van der Waals surface area contributed by atoms with E-state index in [9.17, 15) is 0 Å². The van der Waals surface area contributed by atoms with Crippen molar-refractivity contribution in [1.29, 1.82) is 0 Å². The summed E-state index contributed by atoms with van der Waals surface area (Å²) in [6.45, 7) is 0. The topological polar surface area (TPSA) is 22.1 Å². The van der Waals surface area contributed by atoms with Gasteiger partial charge in [-0.05, 0) is 38.2 Å². The number of ether oxygens (including phenoxy) is 1. The van der Waals surface area contributed by atoms with Crippen LogP contribution in [-0.4, -0.2) is 10.6 Å². The van der Waals surface area contributed by atoms with Crippen LogP contribution in [-0.2, 0) is 6.42 Å². The molecule has 1 aromatic rings. The maximum absolute atomic E-state index is 5.94. The summed E-state index contributed by atoms with van der Waals surface area (Å²) in [5.74, 6) is 0.883. The van der Waals surface area contributed by atoms with E-state index in [-0.39, 0.29) is 5.60 Å². The Morgan fingerprint density at radius 2 is 2.23 bits per heavy atom. The van der Waals surface area contributed by atoms with Gasteiger partial charge in [0, 0.05) is 11.8 Å². The van der Waals surface area contributed by atoms with E-state index in [0.29, 0.717) is 0 Å². The molecule has 0 saturated heterocycles. The molecule has 2 aliphatic rings. The first-order valence-corrected chi connectivity index (χ1v) is 5.01. The lowest BCUT2D eigenvalue weighted by atomic mass is 9.75. The van der Waals surface area contributed by atoms with E-state index in [1.807, 2.05) is 12.3 Å². The molecule has 2 nitrogen and oxygen atoms in total. The predicted molar refractivity (Wildman–Crippen MR) is 49.8 cm³/mol. The predicted octanol–water partition coefficient (Wildman–Crippen LogP) is 2.33. The first-order valence-electron chi connectivity index (χ1n) is 5.01. The number of hydrogen-bond donors (Lipinski definition) is 0. The van der Waals surface area contributed by atoms with E-state index in [1.54, 1.807) is 0 Å². The molecule has 0 N–H and O–H groups in total. The van der Waals surface area contributed by atoms with Crippen molar-refractivity contribution in [3.05, 3.63) is 23.9 Å². The van der Waals surface area contributed by atoms with Crippen LogP contribution in [0, 0.1) is 0 Å². The summed E-state index contributed by atoms with van der Waals surface area (Å²) in [6.07, 6.45) is 7.92. The maximum Gasteiger partial charge on any atom is 0.217 e. The summed E-state index contributed by atoms with van der Waals surface area (Å²) >= 11 is 0. The van der Waals surface area contributed by atoms with Crippen molar-refractivity contribution in [3.8, 4) is 5.88 Å². The molecule has 1 aromatic heterocycles. The average molecular weight is 175 g/mol. The molecule has 0 aromatic carbocycles. The van der Waals surface area contributed by atoms with E-state index in [4.69, 9.17) is 4.74 Å². The highest BCUT2D eigenvalue weighted by molar-refractivity contribution is 5.29.